The average molecular weight is 730 g/mol. The summed E-state index contributed by atoms with van der Waals surface area (Å²) in [4.78, 5) is 36.6. The van der Waals surface area contributed by atoms with E-state index < -0.39 is 87.6 Å². The van der Waals surface area contributed by atoms with Crippen LogP contribution >= 0.6 is 38.5 Å². The number of H-pyrrole nitrogens is 2. The van der Waals surface area contributed by atoms with E-state index in [2.05, 4.69) is 65.1 Å². The number of ether oxygens (including phenoxy) is 2. The van der Waals surface area contributed by atoms with Crippen molar-refractivity contribution in [3.05, 3.63) is 27.0 Å². The van der Waals surface area contributed by atoms with Crippen LogP contribution in [0.15, 0.2) is 15.9 Å². The van der Waals surface area contributed by atoms with E-state index in [1.807, 2.05) is 0 Å². The molecule has 0 saturated carbocycles. The van der Waals surface area contributed by atoms with Crippen LogP contribution in [0.4, 0.5) is 14.7 Å². The fourth-order valence-electron chi connectivity index (χ4n) is 4.98. The Bertz CT molecular complexity index is 1950. The van der Waals surface area contributed by atoms with Gasteiger partial charge in [-0.2, -0.15) is 14.3 Å². The van der Waals surface area contributed by atoms with E-state index >= 15 is 8.78 Å². The number of nitrogens with one attached hydrogen (secondary N) is 2. The van der Waals surface area contributed by atoms with E-state index in [4.69, 9.17) is 28.8 Å². The number of hydrogen-bond donors (Lipinski definition) is 6. The number of fused-ring (bicyclic) bond motifs is 2. The van der Waals surface area contributed by atoms with Crippen LogP contribution in [0.3, 0.4) is 0 Å². The summed E-state index contributed by atoms with van der Waals surface area (Å²) < 4.78 is 84.9. The Morgan fingerprint density at radius 3 is 2.43 bits per heavy atom. The monoisotopic (exact) mass is 729 g/mol. The van der Waals surface area contributed by atoms with E-state index in [1.54, 1.807) is 0 Å². The molecule has 250 valence electrons. The first-order valence-electron chi connectivity index (χ1n) is 13.0. The summed E-state index contributed by atoms with van der Waals surface area (Å²) in [6.07, 6.45) is -12.4. The van der Waals surface area contributed by atoms with Crippen molar-refractivity contribution in [2.75, 3.05) is 18.9 Å². The number of aromatic nitrogens is 10. The molecule has 2 saturated heterocycles. The van der Waals surface area contributed by atoms with Gasteiger partial charge in [0.05, 0.1) is 25.6 Å². The number of nitrogen functional groups attached to an aromatic ring is 1. The molecule has 0 aliphatic carbocycles. The Morgan fingerprint density at radius 1 is 1.07 bits per heavy atom. The molecule has 2 fully saturated rings. The first-order valence-corrected chi connectivity index (χ1v) is 18.3. The van der Waals surface area contributed by atoms with Crippen LogP contribution in [0.25, 0.3) is 22.3 Å². The summed E-state index contributed by atoms with van der Waals surface area (Å²) in [7, 11) is -3.00. The Morgan fingerprint density at radius 2 is 1.74 bits per heavy atom. The van der Waals surface area contributed by atoms with E-state index in [0.717, 1.165) is 15.7 Å². The minimum atomic E-state index is -4.47. The van der Waals surface area contributed by atoms with Gasteiger partial charge in [0.25, 0.3) is 11.1 Å². The molecular formula is C19H23F2N11O10P2S2. The van der Waals surface area contributed by atoms with Crippen molar-refractivity contribution < 1.29 is 46.1 Å². The molecule has 5 N–H and O–H groups in total. The van der Waals surface area contributed by atoms with Crippen molar-refractivity contribution >= 4 is 66.8 Å². The summed E-state index contributed by atoms with van der Waals surface area (Å²) in [6.45, 7) is -5.80. The maximum Gasteiger partial charge on any atom is 0.386 e. The van der Waals surface area contributed by atoms with Gasteiger partial charge in [0.2, 0.25) is 13.2 Å². The number of nitrogens with zero attached hydrogens (tertiary/aromatic N) is 8. The number of hydrogen-bond acceptors (Lipinski definition) is 17. The molecule has 6 rings (SSSR count). The van der Waals surface area contributed by atoms with Crippen LogP contribution in [0.2, 0.25) is 0 Å². The second-order valence-corrected chi connectivity index (χ2v) is 14.5. The van der Waals surface area contributed by atoms with Crippen molar-refractivity contribution in [1.82, 2.24) is 49.9 Å². The first-order chi connectivity index (χ1) is 21.9. The highest BCUT2D eigenvalue weighted by molar-refractivity contribution is 8.44. The number of anilines is 1. The summed E-state index contributed by atoms with van der Waals surface area (Å²) in [5.41, 5.74) is 3.45. The second kappa shape index (κ2) is 13.0. The number of thiol groups is 2. The fraction of sp³-hybridized carbons (Fsp3) is 0.579. The van der Waals surface area contributed by atoms with Gasteiger partial charge in [-0.1, -0.05) is 34.9 Å². The number of aliphatic hydroxyl groups excluding tert-OH is 1. The third kappa shape index (κ3) is 6.23. The molecule has 2 unspecified atom stereocenters. The maximum absolute atomic E-state index is 15.6. The summed E-state index contributed by atoms with van der Waals surface area (Å²) in [5.74, 6) is -0.311. The van der Waals surface area contributed by atoms with Crippen LogP contribution in [0.5, 0.6) is 0 Å². The third-order valence-electron chi connectivity index (χ3n) is 6.96. The molecule has 0 amide bonds. The van der Waals surface area contributed by atoms with E-state index in [0.29, 0.717) is 0 Å². The van der Waals surface area contributed by atoms with Crippen LogP contribution < -0.4 is 16.9 Å². The largest absolute Gasteiger partial charge is 0.394 e. The van der Waals surface area contributed by atoms with Crippen molar-refractivity contribution in [3.8, 4) is 0 Å². The maximum atomic E-state index is 15.6. The molecule has 6 heterocycles. The lowest BCUT2D eigenvalue weighted by atomic mass is 10.1. The molecular weight excluding hydrogens is 706 g/mol. The van der Waals surface area contributed by atoms with Crippen LogP contribution in [0.1, 0.15) is 18.9 Å². The van der Waals surface area contributed by atoms with Crippen molar-refractivity contribution in [3.63, 3.8) is 0 Å². The molecule has 0 radical (unpaired) electrons. The summed E-state index contributed by atoms with van der Waals surface area (Å²) in [5, 5.41) is 24.5. The van der Waals surface area contributed by atoms with Gasteiger partial charge in [0.15, 0.2) is 47.1 Å². The second-order valence-electron chi connectivity index (χ2n) is 9.81. The Labute approximate surface area is 264 Å². The molecule has 4 aromatic rings. The minimum absolute atomic E-state index is 0.100. The standard InChI is InChI=1S/C19H23F2N11O10P2S2/c20-7-6(3-33)40-18(32-14-10(28-30-32)16(35)26-19(22)25-14)12(7)42-44(37,46)38-2-1-5-11(41-43(36)45)8(21)17(39-5)31-13-9(27-29-31)15(34)24-4-23-13/h4-8,11-12,17-18,33,43H,1-3H2,(H,36,45)(H,37,46)(H,23,24,34)(H3,22,25,26,35)/t5-,6-,7-,8+,11-,12-,17-,18-,44?/m1/s1. The van der Waals surface area contributed by atoms with Gasteiger partial charge in [0, 0.05) is 6.42 Å². The zero-order chi connectivity index (χ0) is 32.9. The summed E-state index contributed by atoms with van der Waals surface area (Å²) >= 11 is 7.64. The van der Waals surface area contributed by atoms with Crippen molar-refractivity contribution in [2.45, 2.75) is 55.6 Å². The summed E-state index contributed by atoms with van der Waals surface area (Å²) in [6, 6.07) is 0. The van der Waals surface area contributed by atoms with Gasteiger partial charge in [-0.05, 0) is 0 Å². The van der Waals surface area contributed by atoms with E-state index in [1.165, 1.54) is 0 Å². The van der Waals surface area contributed by atoms with Crippen LogP contribution in [0, 0.1) is 0 Å². The molecule has 10 atom stereocenters. The molecule has 46 heavy (non-hydrogen) atoms. The molecule has 0 spiro atoms. The van der Waals surface area contributed by atoms with Gasteiger partial charge in [-0.15, -0.1) is 10.2 Å². The number of aromatic amines is 2. The van der Waals surface area contributed by atoms with Crippen molar-refractivity contribution in [2.24, 2.45) is 0 Å². The Hall–Kier alpha value is -2.86. The Kier molecular flexibility index (Phi) is 9.32. The highest BCUT2D eigenvalue weighted by Gasteiger charge is 2.52. The molecule has 2 aliphatic heterocycles. The highest BCUT2D eigenvalue weighted by atomic mass is 32.7. The number of alkyl halides is 2. The smallest absolute Gasteiger partial charge is 0.386 e. The molecule has 4 aromatic heterocycles. The predicted molar refractivity (Wildman–Crippen MR) is 156 cm³/mol. The van der Waals surface area contributed by atoms with Gasteiger partial charge in [-0.3, -0.25) is 23.7 Å². The molecule has 27 heteroatoms. The van der Waals surface area contributed by atoms with Gasteiger partial charge in [-0.25, -0.2) is 18.3 Å². The van der Waals surface area contributed by atoms with Gasteiger partial charge in [0.1, 0.15) is 18.3 Å². The van der Waals surface area contributed by atoms with E-state index in [-0.39, 0.29) is 34.7 Å². The van der Waals surface area contributed by atoms with Gasteiger partial charge >= 0.3 is 6.80 Å². The Balaban J connectivity index is 1.17. The zero-order valence-corrected chi connectivity index (χ0v) is 26.4. The third-order valence-corrected chi connectivity index (χ3v) is 9.40. The number of aliphatic hydroxyl groups is 1. The number of rotatable bonds is 11. The van der Waals surface area contributed by atoms with Gasteiger partial charge < -0.3 is 34.3 Å². The fourth-order valence-corrected chi connectivity index (χ4v) is 7.35. The normalized spacial score (nSPS) is 30.3. The van der Waals surface area contributed by atoms with Crippen molar-refractivity contribution in [1.29, 1.82) is 0 Å². The average Bonchev–Trinajstić information content (AvgIpc) is 3.75. The lowest BCUT2D eigenvalue weighted by molar-refractivity contribution is -0.0540. The quantitative estimate of drug-likeness (QED) is 0.0848. The molecule has 21 nitrogen and oxygen atoms in total. The molecule has 0 aromatic carbocycles. The lowest BCUT2D eigenvalue weighted by Gasteiger charge is -2.24. The highest BCUT2D eigenvalue weighted by Crippen LogP contribution is 2.57. The number of nitrogens with two attached hydrogens (primary N) is 1. The van der Waals surface area contributed by atoms with Crippen LogP contribution in [-0.2, 0) is 32.2 Å². The van der Waals surface area contributed by atoms with E-state index in [9.17, 15) is 23.8 Å². The number of halogens is 2. The van der Waals surface area contributed by atoms with Crippen LogP contribution in [-0.4, -0.2) is 105 Å². The molecule has 0 bridgehead atoms. The minimum Gasteiger partial charge on any atom is -0.394 e. The molecule has 2 aliphatic rings. The first kappa shape index (κ1) is 33.1. The predicted octanol–water partition coefficient (Wildman–Crippen LogP) is -0.377. The lowest BCUT2D eigenvalue weighted by Crippen LogP contribution is -2.32. The SMILES string of the molecule is Nc1nc2c(nnn2[C@@H]2O[C@H](CO)[C@@H](F)[C@H]2OP(=O)(S)OCC[C@H]2O[C@@H](n3nnc4c(=O)[nH]cnc43)[C@@H](F)[C@@H]2O[PH](=O)S)c(=O)[nH]1. The zero-order valence-electron chi connectivity index (χ0n) is 22.7. The topological polar surface area (TPSA) is 279 Å².